The SMILES string of the molecule is COC(=O)C1(C(=O)O)CCCN(C(=O)c2ccccc2)C1. The number of rotatable bonds is 3. The molecule has 21 heavy (non-hydrogen) atoms. The summed E-state index contributed by atoms with van der Waals surface area (Å²) in [5.41, 5.74) is -1.19. The van der Waals surface area contributed by atoms with Crippen molar-refractivity contribution in [1.82, 2.24) is 4.90 Å². The van der Waals surface area contributed by atoms with Gasteiger partial charge in [-0.2, -0.15) is 0 Å². The monoisotopic (exact) mass is 291 g/mol. The fourth-order valence-electron chi connectivity index (χ4n) is 2.62. The lowest BCUT2D eigenvalue weighted by Gasteiger charge is -2.37. The second-order valence-electron chi connectivity index (χ2n) is 5.08. The molecule has 0 aliphatic carbocycles. The number of amides is 1. The average Bonchev–Trinajstić information content (AvgIpc) is 2.54. The molecule has 0 aromatic heterocycles. The minimum absolute atomic E-state index is 0.164. The van der Waals surface area contributed by atoms with Crippen molar-refractivity contribution in [1.29, 1.82) is 0 Å². The predicted octanol–water partition coefficient (Wildman–Crippen LogP) is 1.17. The molecule has 1 aliphatic heterocycles. The Morgan fingerprint density at radius 2 is 1.90 bits per heavy atom. The van der Waals surface area contributed by atoms with Crippen molar-refractivity contribution in [2.24, 2.45) is 5.41 Å². The molecule has 6 nitrogen and oxygen atoms in total. The first kappa shape index (κ1) is 15.0. The maximum absolute atomic E-state index is 12.4. The van der Waals surface area contributed by atoms with Crippen molar-refractivity contribution in [2.75, 3.05) is 20.2 Å². The first-order valence-electron chi connectivity index (χ1n) is 6.67. The van der Waals surface area contributed by atoms with E-state index in [0.29, 0.717) is 18.5 Å². The van der Waals surface area contributed by atoms with Gasteiger partial charge in [0.25, 0.3) is 5.91 Å². The van der Waals surface area contributed by atoms with Crippen molar-refractivity contribution < 1.29 is 24.2 Å². The van der Waals surface area contributed by atoms with Gasteiger partial charge in [-0.25, -0.2) is 0 Å². The van der Waals surface area contributed by atoms with Crippen molar-refractivity contribution in [2.45, 2.75) is 12.8 Å². The van der Waals surface area contributed by atoms with Gasteiger partial charge in [-0.3, -0.25) is 14.4 Å². The van der Waals surface area contributed by atoms with E-state index in [1.807, 2.05) is 0 Å². The summed E-state index contributed by atoms with van der Waals surface area (Å²) in [7, 11) is 1.16. The molecule has 2 rings (SSSR count). The van der Waals surface area contributed by atoms with E-state index < -0.39 is 17.4 Å². The first-order chi connectivity index (χ1) is 10.0. The van der Waals surface area contributed by atoms with Gasteiger partial charge in [0, 0.05) is 18.7 Å². The van der Waals surface area contributed by atoms with Crippen LogP contribution in [0.1, 0.15) is 23.2 Å². The second-order valence-corrected chi connectivity index (χ2v) is 5.08. The van der Waals surface area contributed by atoms with E-state index in [0.717, 1.165) is 7.11 Å². The van der Waals surface area contributed by atoms with Crippen LogP contribution in [0.4, 0.5) is 0 Å². The number of carboxylic acids is 1. The molecule has 1 aliphatic rings. The predicted molar refractivity (Wildman–Crippen MR) is 73.7 cm³/mol. The third-order valence-electron chi connectivity index (χ3n) is 3.79. The van der Waals surface area contributed by atoms with Crippen molar-refractivity contribution in [3.05, 3.63) is 35.9 Å². The Morgan fingerprint density at radius 1 is 1.24 bits per heavy atom. The number of hydrogen-bond acceptors (Lipinski definition) is 4. The topological polar surface area (TPSA) is 83.9 Å². The summed E-state index contributed by atoms with van der Waals surface area (Å²) in [6.45, 7) is 0.266. The number of esters is 1. The number of likely N-dealkylation sites (tertiary alicyclic amines) is 1. The highest BCUT2D eigenvalue weighted by Gasteiger charge is 2.51. The van der Waals surface area contributed by atoms with Gasteiger partial charge in [0.05, 0.1) is 7.11 Å². The van der Waals surface area contributed by atoms with Crippen LogP contribution in [0.5, 0.6) is 0 Å². The third-order valence-corrected chi connectivity index (χ3v) is 3.79. The number of carbonyl (C=O) groups excluding carboxylic acids is 2. The molecule has 1 aromatic rings. The molecule has 1 atom stereocenters. The second kappa shape index (κ2) is 5.95. The summed E-state index contributed by atoms with van der Waals surface area (Å²) in [6.07, 6.45) is 0.619. The fraction of sp³-hybridized carbons (Fsp3) is 0.400. The number of carboxylic acid groups (broad SMARTS) is 1. The lowest BCUT2D eigenvalue weighted by Crippen LogP contribution is -2.54. The number of piperidine rings is 1. The number of benzene rings is 1. The molecular formula is C15H17NO5. The van der Waals surface area contributed by atoms with Crippen LogP contribution in [-0.2, 0) is 14.3 Å². The highest BCUT2D eigenvalue weighted by atomic mass is 16.5. The summed E-state index contributed by atoms with van der Waals surface area (Å²) >= 11 is 0. The molecule has 1 fully saturated rings. The van der Waals surface area contributed by atoms with Crippen molar-refractivity contribution in [3.63, 3.8) is 0 Å². The Morgan fingerprint density at radius 3 is 2.48 bits per heavy atom. The standard InChI is InChI=1S/C15H17NO5/c1-21-14(20)15(13(18)19)8-5-9-16(10-15)12(17)11-6-3-2-4-7-11/h2-4,6-7H,5,8-10H2,1H3,(H,18,19). The van der Waals surface area contributed by atoms with Crippen LogP contribution in [-0.4, -0.2) is 48.1 Å². The van der Waals surface area contributed by atoms with Gasteiger partial charge in [-0.15, -0.1) is 0 Å². The quantitative estimate of drug-likeness (QED) is 0.667. The van der Waals surface area contributed by atoms with Crippen molar-refractivity contribution in [3.8, 4) is 0 Å². The Hall–Kier alpha value is -2.37. The molecule has 0 saturated carbocycles. The van der Waals surface area contributed by atoms with Crippen molar-refractivity contribution >= 4 is 17.8 Å². The van der Waals surface area contributed by atoms with E-state index in [1.165, 1.54) is 4.90 Å². The van der Waals surface area contributed by atoms with E-state index in [1.54, 1.807) is 30.3 Å². The molecule has 6 heteroatoms. The van der Waals surface area contributed by atoms with Crippen LogP contribution in [0.15, 0.2) is 30.3 Å². The molecule has 1 amide bonds. The highest BCUT2D eigenvalue weighted by molar-refractivity contribution is 6.01. The summed E-state index contributed by atoms with van der Waals surface area (Å²) < 4.78 is 4.63. The molecule has 0 spiro atoms. The number of ether oxygens (including phenoxy) is 1. The van der Waals surface area contributed by atoms with Gasteiger partial charge in [0.1, 0.15) is 0 Å². The van der Waals surface area contributed by atoms with E-state index in [2.05, 4.69) is 4.74 Å². The fourth-order valence-corrected chi connectivity index (χ4v) is 2.62. The summed E-state index contributed by atoms with van der Waals surface area (Å²) in [5, 5.41) is 9.42. The molecule has 1 aromatic carbocycles. The van der Waals surface area contributed by atoms with Gasteiger partial charge >= 0.3 is 11.9 Å². The van der Waals surface area contributed by atoms with E-state index in [-0.39, 0.29) is 18.9 Å². The number of nitrogens with zero attached hydrogens (tertiary/aromatic N) is 1. The lowest BCUT2D eigenvalue weighted by atomic mass is 9.79. The number of methoxy groups -OCH3 is 1. The maximum Gasteiger partial charge on any atom is 0.325 e. The Balaban J connectivity index is 2.26. The average molecular weight is 291 g/mol. The Bertz CT molecular complexity index is 556. The number of hydrogen-bond donors (Lipinski definition) is 1. The van der Waals surface area contributed by atoms with Gasteiger partial charge in [0.15, 0.2) is 5.41 Å². The Labute approximate surface area is 122 Å². The number of carbonyl (C=O) groups is 3. The molecule has 0 bridgehead atoms. The van der Waals surface area contributed by atoms with Crippen LogP contribution in [0.25, 0.3) is 0 Å². The number of aliphatic carboxylic acids is 1. The van der Waals surface area contributed by atoms with E-state index in [4.69, 9.17) is 0 Å². The van der Waals surface area contributed by atoms with Gasteiger partial charge < -0.3 is 14.7 Å². The van der Waals surface area contributed by atoms with Gasteiger partial charge in [-0.05, 0) is 25.0 Å². The van der Waals surface area contributed by atoms with Crippen LogP contribution in [0, 0.1) is 5.41 Å². The van der Waals surface area contributed by atoms with Crippen LogP contribution in [0.2, 0.25) is 0 Å². The zero-order valence-corrected chi connectivity index (χ0v) is 11.7. The molecular weight excluding hydrogens is 274 g/mol. The molecule has 0 radical (unpaired) electrons. The largest absolute Gasteiger partial charge is 0.480 e. The molecule has 112 valence electrons. The van der Waals surface area contributed by atoms with E-state index in [9.17, 15) is 19.5 Å². The summed E-state index contributed by atoms with van der Waals surface area (Å²) in [5.74, 6) is -2.33. The van der Waals surface area contributed by atoms with E-state index >= 15 is 0 Å². The zero-order chi connectivity index (χ0) is 15.5. The smallest absolute Gasteiger partial charge is 0.325 e. The molecule has 1 N–H and O–H groups in total. The first-order valence-corrected chi connectivity index (χ1v) is 6.67. The molecule has 1 saturated heterocycles. The summed E-state index contributed by atoms with van der Waals surface area (Å²) in [6, 6.07) is 8.60. The lowest BCUT2D eigenvalue weighted by molar-refractivity contribution is -0.170. The third kappa shape index (κ3) is 2.74. The van der Waals surface area contributed by atoms with Gasteiger partial charge in [-0.1, -0.05) is 18.2 Å². The Kier molecular flexibility index (Phi) is 4.26. The summed E-state index contributed by atoms with van der Waals surface area (Å²) in [4.78, 5) is 37.2. The van der Waals surface area contributed by atoms with Crippen LogP contribution < -0.4 is 0 Å². The molecule has 1 heterocycles. The van der Waals surface area contributed by atoms with Gasteiger partial charge in [0.2, 0.25) is 0 Å². The van der Waals surface area contributed by atoms with Crippen LogP contribution in [0.3, 0.4) is 0 Å². The maximum atomic E-state index is 12.4. The minimum atomic E-state index is -1.67. The van der Waals surface area contributed by atoms with Crippen LogP contribution >= 0.6 is 0 Å². The zero-order valence-electron chi connectivity index (χ0n) is 11.7. The normalized spacial score (nSPS) is 21.7. The minimum Gasteiger partial charge on any atom is -0.480 e. The molecule has 1 unspecified atom stereocenters. The highest BCUT2D eigenvalue weighted by Crippen LogP contribution is 2.32.